The van der Waals surface area contributed by atoms with Crippen LogP contribution < -0.4 is 10.9 Å². The van der Waals surface area contributed by atoms with Gasteiger partial charge in [-0.25, -0.2) is 14.2 Å². The predicted octanol–water partition coefficient (Wildman–Crippen LogP) is 3.64. The first-order valence-corrected chi connectivity index (χ1v) is 10.4. The van der Waals surface area contributed by atoms with Crippen LogP contribution in [-0.2, 0) is 7.05 Å². The normalized spacial score (nSPS) is 15.8. The Morgan fingerprint density at radius 1 is 1.16 bits per heavy atom. The first-order chi connectivity index (χ1) is 14.8. The summed E-state index contributed by atoms with van der Waals surface area (Å²) in [7, 11) is 1.71. The number of anilines is 1. The molecule has 0 aliphatic carbocycles. The maximum atomic E-state index is 13.3. The van der Waals surface area contributed by atoms with Crippen molar-refractivity contribution in [1.29, 1.82) is 0 Å². The summed E-state index contributed by atoms with van der Waals surface area (Å²) in [5.74, 6) is 0.268. The first kappa shape index (κ1) is 21.3. The summed E-state index contributed by atoms with van der Waals surface area (Å²) in [4.78, 5) is 33.9. The molecule has 0 bridgehead atoms. The second-order valence-electron chi connectivity index (χ2n) is 7.64. The maximum absolute atomic E-state index is 13.3. The molecular weight excluding hydrogens is 421 g/mol. The third-order valence-electron chi connectivity index (χ3n) is 5.67. The summed E-state index contributed by atoms with van der Waals surface area (Å²) < 4.78 is 14.9. The summed E-state index contributed by atoms with van der Waals surface area (Å²) in [6.45, 7) is 4.30. The van der Waals surface area contributed by atoms with Gasteiger partial charge in [0, 0.05) is 43.9 Å². The fourth-order valence-corrected chi connectivity index (χ4v) is 4.05. The largest absolute Gasteiger partial charge is 0.322 e. The number of carbonyl (C=O) groups is 1. The highest BCUT2D eigenvalue weighted by molar-refractivity contribution is 6.31. The minimum absolute atomic E-state index is 0.105. The number of urea groups is 1. The van der Waals surface area contributed by atoms with Gasteiger partial charge in [-0.2, -0.15) is 0 Å². The third kappa shape index (κ3) is 4.40. The van der Waals surface area contributed by atoms with E-state index in [4.69, 9.17) is 16.6 Å². The van der Waals surface area contributed by atoms with Crippen molar-refractivity contribution in [2.45, 2.75) is 13.0 Å². The van der Waals surface area contributed by atoms with Crippen molar-refractivity contribution < 1.29 is 9.18 Å². The van der Waals surface area contributed by atoms with Crippen molar-refractivity contribution in [3.63, 3.8) is 0 Å². The molecule has 9 heteroatoms. The van der Waals surface area contributed by atoms with Crippen molar-refractivity contribution in [1.82, 2.24) is 19.4 Å². The average Bonchev–Trinajstić information content (AvgIpc) is 2.76. The van der Waals surface area contributed by atoms with E-state index in [9.17, 15) is 14.0 Å². The first-order valence-electron chi connectivity index (χ1n) is 10.0. The van der Waals surface area contributed by atoms with Crippen molar-refractivity contribution in [2.24, 2.45) is 7.05 Å². The van der Waals surface area contributed by atoms with Crippen LogP contribution >= 0.6 is 11.6 Å². The topological polar surface area (TPSA) is 70.5 Å². The molecule has 1 unspecified atom stereocenters. The minimum Gasteiger partial charge on any atom is -0.322 e. The summed E-state index contributed by atoms with van der Waals surface area (Å²) in [6.07, 6.45) is 0. The molecule has 3 aromatic rings. The van der Waals surface area contributed by atoms with Crippen LogP contribution in [0.1, 0.15) is 18.8 Å². The van der Waals surface area contributed by atoms with E-state index in [1.165, 1.54) is 12.1 Å². The van der Waals surface area contributed by atoms with E-state index in [1.807, 2.05) is 6.92 Å². The highest BCUT2D eigenvalue weighted by Gasteiger charge is 2.27. The van der Waals surface area contributed by atoms with E-state index in [0.717, 1.165) is 0 Å². The SMILES string of the molecule is CC(c1nc2ccc(Cl)cc2c(=O)n1C)N1CCN(C(=O)Nc2cccc(F)c2)CC1. The molecule has 2 amide bonds. The Morgan fingerprint density at radius 2 is 1.90 bits per heavy atom. The van der Waals surface area contributed by atoms with Gasteiger partial charge in [-0.05, 0) is 43.3 Å². The van der Waals surface area contributed by atoms with Crippen LogP contribution in [-0.4, -0.2) is 51.6 Å². The average molecular weight is 444 g/mol. The van der Waals surface area contributed by atoms with Crippen LogP contribution in [0.4, 0.5) is 14.9 Å². The number of fused-ring (bicyclic) bond motifs is 1. The van der Waals surface area contributed by atoms with Crippen LogP contribution in [0.5, 0.6) is 0 Å². The molecule has 162 valence electrons. The van der Waals surface area contributed by atoms with Crippen LogP contribution in [0.3, 0.4) is 0 Å². The number of rotatable bonds is 3. The second-order valence-corrected chi connectivity index (χ2v) is 8.07. The standard InChI is InChI=1S/C22H23ClFN5O2/c1-14(20-26-19-7-6-15(23)12-18(19)21(30)27(20)2)28-8-10-29(11-9-28)22(31)25-17-5-3-4-16(24)13-17/h3-7,12-14H,8-11H2,1-2H3,(H,25,31). The summed E-state index contributed by atoms with van der Waals surface area (Å²) in [5, 5.41) is 3.72. The van der Waals surface area contributed by atoms with Gasteiger partial charge in [-0.3, -0.25) is 14.3 Å². The molecule has 1 N–H and O–H groups in total. The molecule has 0 spiro atoms. The zero-order valence-corrected chi connectivity index (χ0v) is 18.1. The van der Waals surface area contributed by atoms with E-state index < -0.39 is 5.82 Å². The van der Waals surface area contributed by atoms with Crippen LogP contribution in [0, 0.1) is 5.82 Å². The van der Waals surface area contributed by atoms with Gasteiger partial charge in [0.15, 0.2) is 0 Å². The molecule has 1 fully saturated rings. The fraction of sp³-hybridized carbons (Fsp3) is 0.318. The molecule has 2 heterocycles. The Balaban J connectivity index is 1.45. The Labute approximate surface area is 184 Å². The monoisotopic (exact) mass is 443 g/mol. The van der Waals surface area contributed by atoms with Crippen molar-refractivity contribution in [3.05, 3.63) is 69.5 Å². The van der Waals surface area contributed by atoms with Gasteiger partial charge in [0.25, 0.3) is 5.56 Å². The van der Waals surface area contributed by atoms with Crippen molar-refractivity contribution >= 4 is 34.2 Å². The fourth-order valence-electron chi connectivity index (χ4n) is 3.88. The molecule has 1 atom stereocenters. The lowest BCUT2D eigenvalue weighted by molar-refractivity contribution is 0.114. The third-order valence-corrected chi connectivity index (χ3v) is 5.91. The summed E-state index contributed by atoms with van der Waals surface area (Å²) in [6, 6.07) is 10.6. The number of benzene rings is 2. The predicted molar refractivity (Wildman–Crippen MR) is 119 cm³/mol. The van der Waals surface area contributed by atoms with Crippen LogP contribution in [0.25, 0.3) is 10.9 Å². The zero-order chi connectivity index (χ0) is 22.1. The smallest absolute Gasteiger partial charge is 0.321 e. The van der Waals surface area contributed by atoms with Gasteiger partial charge in [-0.1, -0.05) is 17.7 Å². The number of amides is 2. The minimum atomic E-state index is -0.396. The molecular formula is C22H23ClFN5O2. The number of carbonyl (C=O) groups excluding carboxylic acids is 1. The van der Waals surface area contributed by atoms with Gasteiger partial charge in [-0.15, -0.1) is 0 Å². The molecule has 4 rings (SSSR count). The highest BCUT2D eigenvalue weighted by Crippen LogP contribution is 2.22. The van der Waals surface area contributed by atoms with Gasteiger partial charge in [0.05, 0.1) is 16.9 Å². The second kappa shape index (κ2) is 8.64. The zero-order valence-electron chi connectivity index (χ0n) is 17.3. The van der Waals surface area contributed by atoms with Crippen molar-refractivity contribution in [2.75, 3.05) is 31.5 Å². The van der Waals surface area contributed by atoms with Gasteiger partial charge in [0.2, 0.25) is 0 Å². The molecule has 1 aromatic heterocycles. The number of nitrogens with one attached hydrogen (secondary N) is 1. The maximum Gasteiger partial charge on any atom is 0.321 e. The highest BCUT2D eigenvalue weighted by atomic mass is 35.5. The molecule has 0 saturated carbocycles. The lowest BCUT2D eigenvalue weighted by Gasteiger charge is -2.38. The van der Waals surface area contributed by atoms with E-state index in [-0.39, 0.29) is 17.6 Å². The van der Waals surface area contributed by atoms with E-state index in [2.05, 4.69) is 10.2 Å². The lowest BCUT2D eigenvalue weighted by Crippen LogP contribution is -2.51. The quantitative estimate of drug-likeness (QED) is 0.671. The van der Waals surface area contributed by atoms with E-state index >= 15 is 0 Å². The number of piperazine rings is 1. The van der Waals surface area contributed by atoms with Gasteiger partial charge < -0.3 is 10.2 Å². The number of nitrogens with zero attached hydrogens (tertiary/aromatic N) is 4. The van der Waals surface area contributed by atoms with E-state index in [1.54, 1.807) is 46.8 Å². The molecule has 1 saturated heterocycles. The number of hydrogen-bond donors (Lipinski definition) is 1. The van der Waals surface area contributed by atoms with Crippen LogP contribution in [0.15, 0.2) is 47.3 Å². The van der Waals surface area contributed by atoms with Gasteiger partial charge >= 0.3 is 6.03 Å². The van der Waals surface area contributed by atoms with Crippen LogP contribution in [0.2, 0.25) is 5.02 Å². The lowest BCUT2D eigenvalue weighted by atomic mass is 10.2. The molecule has 1 aliphatic rings. The molecule has 31 heavy (non-hydrogen) atoms. The Bertz CT molecular complexity index is 1190. The van der Waals surface area contributed by atoms with Gasteiger partial charge in [0.1, 0.15) is 11.6 Å². The Hall–Kier alpha value is -2.97. The Kier molecular flexibility index (Phi) is 5.93. The molecule has 2 aromatic carbocycles. The molecule has 7 nitrogen and oxygen atoms in total. The van der Waals surface area contributed by atoms with E-state index in [0.29, 0.717) is 53.6 Å². The summed E-state index contributed by atoms with van der Waals surface area (Å²) >= 11 is 6.03. The summed E-state index contributed by atoms with van der Waals surface area (Å²) in [5.41, 5.74) is 0.904. The number of aromatic nitrogens is 2. The number of halogens is 2. The molecule has 1 aliphatic heterocycles. The Morgan fingerprint density at radius 3 is 2.61 bits per heavy atom. The van der Waals surface area contributed by atoms with Crippen molar-refractivity contribution in [3.8, 4) is 0 Å². The number of hydrogen-bond acceptors (Lipinski definition) is 4. The molecule has 0 radical (unpaired) electrons.